The average Bonchev–Trinajstić information content (AvgIpc) is 2.47. The molecule has 1 aromatic rings. The predicted octanol–water partition coefficient (Wildman–Crippen LogP) is 1.38. The fourth-order valence-corrected chi connectivity index (χ4v) is 2.18. The topological polar surface area (TPSA) is 78.9 Å². The molecule has 114 valence electrons. The van der Waals surface area contributed by atoms with E-state index in [4.69, 9.17) is 9.84 Å². The van der Waals surface area contributed by atoms with Crippen LogP contribution >= 0.6 is 0 Å². The van der Waals surface area contributed by atoms with Crippen molar-refractivity contribution in [2.45, 2.75) is 19.0 Å². The zero-order chi connectivity index (χ0) is 15.4. The van der Waals surface area contributed by atoms with Crippen molar-refractivity contribution in [2.75, 3.05) is 19.8 Å². The molecule has 2 N–H and O–H groups in total. The van der Waals surface area contributed by atoms with Crippen molar-refractivity contribution in [3.8, 4) is 0 Å². The number of urea groups is 1. The van der Waals surface area contributed by atoms with E-state index >= 15 is 0 Å². The molecule has 2 atom stereocenters. The van der Waals surface area contributed by atoms with Crippen molar-refractivity contribution in [3.05, 3.63) is 35.6 Å². The molecule has 1 aromatic carbocycles. The molecule has 0 aliphatic carbocycles. The number of amides is 2. The van der Waals surface area contributed by atoms with Crippen molar-refractivity contribution in [2.24, 2.45) is 0 Å². The van der Waals surface area contributed by atoms with Gasteiger partial charge < -0.3 is 20.1 Å². The quantitative estimate of drug-likeness (QED) is 0.883. The summed E-state index contributed by atoms with van der Waals surface area (Å²) in [6, 6.07) is 3.98. The predicted molar refractivity (Wildman–Crippen MR) is 72.3 cm³/mol. The van der Waals surface area contributed by atoms with Gasteiger partial charge in [-0.25, -0.2) is 14.0 Å². The zero-order valence-corrected chi connectivity index (χ0v) is 11.6. The summed E-state index contributed by atoms with van der Waals surface area (Å²) in [7, 11) is 0. The van der Waals surface area contributed by atoms with Crippen molar-refractivity contribution in [3.63, 3.8) is 0 Å². The lowest BCUT2D eigenvalue weighted by molar-refractivity contribution is -0.147. The average molecular weight is 296 g/mol. The number of halogens is 1. The Hall–Kier alpha value is -2.15. The normalized spacial score (nSPS) is 19.9. The van der Waals surface area contributed by atoms with Gasteiger partial charge in [-0.05, 0) is 24.6 Å². The van der Waals surface area contributed by atoms with Crippen LogP contribution in [0.1, 0.15) is 18.5 Å². The van der Waals surface area contributed by atoms with E-state index in [1.165, 1.54) is 17.0 Å². The van der Waals surface area contributed by atoms with Gasteiger partial charge in [0.25, 0.3) is 0 Å². The summed E-state index contributed by atoms with van der Waals surface area (Å²) in [5.41, 5.74) is 0.614. The Morgan fingerprint density at radius 2 is 2.29 bits per heavy atom. The summed E-state index contributed by atoms with van der Waals surface area (Å²) < 4.78 is 18.2. The third-order valence-corrected chi connectivity index (χ3v) is 3.36. The van der Waals surface area contributed by atoms with E-state index in [2.05, 4.69) is 5.32 Å². The van der Waals surface area contributed by atoms with Crippen LogP contribution in [0.2, 0.25) is 0 Å². The monoisotopic (exact) mass is 296 g/mol. The van der Waals surface area contributed by atoms with Crippen molar-refractivity contribution in [1.29, 1.82) is 0 Å². The number of nitrogens with zero attached hydrogens (tertiary/aromatic N) is 1. The second-order valence-corrected chi connectivity index (χ2v) is 4.85. The van der Waals surface area contributed by atoms with Crippen LogP contribution in [0.25, 0.3) is 0 Å². The van der Waals surface area contributed by atoms with Gasteiger partial charge in [0.2, 0.25) is 0 Å². The highest BCUT2D eigenvalue weighted by Gasteiger charge is 2.33. The second-order valence-electron chi connectivity index (χ2n) is 4.85. The summed E-state index contributed by atoms with van der Waals surface area (Å²) in [6.45, 7) is 2.18. The lowest BCUT2D eigenvalue weighted by Crippen LogP contribution is -2.55. The molecule has 2 rings (SSSR count). The van der Waals surface area contributed by atoms with Crippen LogP contribution in [0.4, 0.5) is 9.18 Å². The number of carbonyl (C=O) groups excluding carboxylic acids is 1. The minimum absolute atomic E-state index is 0.0307. The molecule has 1 aliphatic rings. The Balaban J connectivity index is 2.04. The number of carboxylic acid groups (broad SMARTS) is 1. The third-order valence-electron chi connectivity index (χ3n) is 3.36. The first-order valence-corrected chi connectivity index (χ1v) is 6.62. The summed E-state index contributed by atoms with van der Waals surface area (Å²) in [4.78, 5) is 24.5. The number of carboxylic acids is 1. The number of ether oxygens (including phenoxy) is 1. The van der Waals surface area contributed by atoms with Gasteiger partial charge in [-0.1, -0.05) is 12.1 Å². The summed E-state index contributed by atoms with van der Waals surface area (Å²) in [6.07, 6.45) is 0. The maximum Gasteiger partial charge on any atom is 0.328 e. The van der Waals surface area contributed by atoms with Crippen molar-refractivity contribution >= 4 is 12.0 Å². The summed E-state index contributed by atoms with van der Waals surface area (Å²) >= 11 is 0. The maximum absolute atomic E-state index is 13.2. The Morgan fingerprint density at radius 1 is 1.52 bits per heavy atom. The number of morpholine rings is 1. The molecule has 1 saturated heterocycles. The fourth-order valence-electron chi connectivity index (χ4n) is 2.18. The molecule has 0 saturated carbocycles. The Morgan fingerprint density at radius 3 is 2.95 bits per heavy atom. The molecule has 1 heterocycles. The minimum atomic E-state index is -1.11. The van der Waals surface area contributed by atoms with E-state index < -0.39 is 24.1 Å². The second kappa shape index (κ2) is 6.53. The molecular formula is C14H17FN2O4. The molecule has 0 aromatic heterocycles. The van der Waals surface area contributed by atoms with Crippen LogP contribution in [0.5, 0.6) is 0 Å². The molecular weight excluding hydrogens is 279 g/mol. The van der Waals surface area contributed by atoms with E-state index in [1.54, 1.807) is 19.1 Å². The number of nitrogens with one attached hydrogen (secondary N) is 1. The fraction of sp³-hybridized carbons (Fsp3) is 0.429. The molecule has 0 radical (unpaired) electrons. The van der Waals surface area contributed by atoms with Gasteiger partial charge in [-0.3, -0.25) is 0 Å². The van der Waals surface area contributed by atoms with Crippen molar-refractivity contribution < 1.29 is 23.8 Å². The largest absolute Gasteiger partial charge is 0.480 e. The number of carbonyl (C=O) groups is 2. The highest BCUT2D eigenvalue weighted by Crippen LogP contribution is 2.15. The molecule has 1 fully saturated rings. The van der Waals surface area contributed by atoms with Crippen LogP contribution in [0.3, 0.4) is 0 Å². The summed E-state index contributed by atoms with van der Waals surface area (Å²) in [5, 5.41) is 11.8. The Bertz CT molecular complexity index is 537. The first-order chi connectivity index (χ1) is 9.99. The molecule has 1 aliphatic heterocycles. The van der Waals surface area contributed by atoms with Gasteiger partial charge >= 0.3 is 12.0 Å². The van der Waals surface area contributed by atoms with Gasteiger partial charge in [-0.15, -0.1) is 0 Å². The Labute approximate surface area is 121 Å². The van der Waals surface area contributed by atoms with Crippen LogP contribution in [-0.4, -0.2) is 47.8 Å². The van der Waals surface area contributed by atoms with Gasteiger partial charge in [0.05, 0.1) is 19.3 Å². The van der Waals surface area contributed by atoms with Gasteiger partial charge in [0.15, 0.2) is 6.04 Å². The van der Waals surface area contributed by atoms with Crippen LogP contribution in [-0.2, 0) is 9.53 Å². The summed E-state index contributed by atoms with van der Waals surface area (Å²) in [5.74, 6) is -1.49. The van der Waals surface area contributed by atoms with Crippen LogP contribution < -0.4 is 5.32 Å². The Kier molecular flexibility index (Phi) is 4.74. The molecule has 0 bridgehead atoms. The molecule has 2 unspecified atom stereocenters. The van der Waals surface area contributed by atoms with E-state index in [-0.39, 0.29) is 19.0 Å². The highest BCUT2D eigenvalue weighted by atomic mass is 19.1. The smallest absolute Gasteiger partial charge is 0.328 e. The molecule has 6 nitrogen and oxygen atoms in total. The van der Waals surface area contributed by atoms with Crippen LogP contribution in [0, 0.1) is 5.82 Å². The van der Waals surface area contributed by atoms with Gasteiger partial charge in [0, 0.05) is 6.54 Å². The number of benzene rings is 1. The number of hydrogen-bond donors (Lipinski definition) is 2. The number of hydrogen-bond acceptors (Lipinski definition) is 3. The lowest BCUT2D eigenvalue weighted by Gasteiger charge is -2.33. The minimum Gasteiger partial charge on any atom is -0.480 e. The van der Waals surface area contributed by atoms with E-state index in [9.17, 15) is 14.0 Å². The molecule has 2 amide bonds. The SMILES string of the molecule is CC(NC(=O)N1CCOCC1C(=O)O)c1cccc(F)c1. The molecule has 21 heavy (non-hydrogen) atoms. The molecule has 7 heteroatoms. The molecule has 0 spiro atoms. The first-order valence-electron chi connectivity index (χ1n) is 6.62. The standard InChI is InChI=1S/C14H17FN2O4/c1-9(10-3-2-4-11(15)7-10)16-14(20)17-5-6-21-8-12(17)13(18)19/h2-4,7,9,12H,5-6,8H2,1H3,(H,16,20)(H,18,19). The van der Waals surface area contributed by atoms with Gasteiger partial charge in [0.1, 0.15) is 5.82 Å². The number of aliphatic carboxylic acids is 1. The van der Waals surface area contributed by atoms with E-state index in [0.717, 1.165) is 0 Å². The van der Waals surface area contributed by atoms with E-state index in [0.29, 0.717) is 12.2 Å². The van der Waals surface area contributed by atoms with E-state index in [1.807, 2.05) is 0 Å². The lowest BCUT2D eigenvalue weighted by atomic mass is 10.1. The zero-order valence-electron chi connectivity index (χ0n) is 11.6. The maximum atomic E-state index is 13.2. The number of rotatable bonds is 3. The first kappa shape index (κ1) is 15.2. The van der Waals surface area contributed by atoms with Gasteiger partial charge in [-0.2, -0.15) is 0 Å². The highest BCUT2D eigenvalue weighted by molar-refractivity contribution is 5.83. The third kappa shape index (κ3) is 3.69. The van der Waals surface area contributed by atoms with Crippen molar-refractivity contribution in [1.82, 2.24) is 10.2 Å². The van der Waals surface area contributed by atoms with Crippen LogP contribution in [0.15, 0.2) is 24.3 Å².